The molecule has 0 amide bonds. The summed E-state index contributed by atoms with van der Waals surface area (Å²) in [7, 11) is -4.40. The third-order valence-electron chi connectivity index (χ3n) is 2.49. The number of hydrogen-bond donors (Lipinski definition) is 3. The molecular formula is C13H13O5P. The van der Waals surface area contributed by atoms with Crippen LogP contribution >= 0.6 is 7.60 Å². The van der Waals surface area contributed by atoms with Crippen molar-refractivity contribution in [2.75, 3.05) is 0 Å². The number of aromatic hydroxyl groups is 1. The van der Waals surface area contributed by atoms with Crippen molar-refractivity contribution in [2.24, 2.45) is 0 Å². The number of phenols is 1. The van der Waals surface area contributed by atoms with Gasteiger partial charge in [-0.1, -0.05) is 6.07 Å². The van der Waals surface area contributed by atoms with Crippen molar-refractivity contribution < 1.29 is 24.2 Å². The number of ether oxygens (including phenoxy) is 1. The summed E-state index contributed by atoms with van der Waals surface area (Å²) in [5, 5.41) is 9.01. The fourth-order valence-electron chi connectivity index (χ4n) is 1.58. The molecule has 0 spiro atoms. The summed E-state index contributed by atoms with van der Waals surface area (Å²) in [5.74, 6) is 0.587. The molecule has 0 aliphatic heterocycles. The van der Waals surface area contributed by atoms with E-state index in [1.807, 2.05) is 0 Å². The zero-order valence-electron chi connectivity index (χ0n) is 10.1. The lowest BCUT2D eigenvalue weighted by Crippen LogP contribution is -2.07. The number of aryl methyl sites for hydroxylation is 1. The summed E-state index contributed by atoms with van der Waals surface area (Å²) >= 11 is 0. The van der Waals surface area contributed by atoms with Crippen molar-refractivity contribution in [2.45, 2.75) is 6.92 Å². The fraction of sp³-hybridized carbons (Fsp3) is 0.0769. The molecule has 2 aromatic rings. The maximum atomic E-state index is 11.4. The van der Waals surface area contributed by atoms with Crippen molar-refractivity contribution in [1.82, 2.24) is 0 Å². The first-order valence-corrected chi connectivity index (χ1v) is 7.11. The highest BCUT2D eigenvalue weighted by Crippen LogP contribution is 2.39. The van der Waals surface area contributed by atoms with E-state index in [1.54, 1.807) is 19.1 Å². The largest absolute Gasteiger partial charge is 0.508 e. The predicted octanol–water partition coefficient (Wildman–Crippen LogP) is 2.30. The van der Waals surface area contributed by atoms with Gasteiger partial charge in [-0.3, -0.25) is 4.57 Å². The highest BCUT2D eigenvalue weighted by Gasteiger charge is 2.23. The summed E-state index contributed by atoms with van der Waals surface area (Å²) in [6.45, 7) is 1.80. The van der Waals surface area contributed by atoms with Crippen LogP contribution in [0.25, 0.3) is 0 Å². The maximum absolute atomic E-state index is 11.4. The van der Waals surface area contributed by atoms with Crippen LogP contribution < -0.4 is 10.0 Å². The van der Waals surface area contributed by atoms with E-state index < -0.39 is 7.60 Å². The molecule has 0 heterocycles. The topological polar surface area (TPSA) is 87.0 Å². The Labute approximate surface area is 110 Å². The van der Waals surface area contributed by atoms with Crippen LogP contribution in [0.1, 0.15) is 5.56 Å². The van der Waals surface area contributed by atoms with Gasteiger partial charge in [0.1, 0.15) is 22.6 Å². The molecule has 0 aromatic heterocycles. The minimum Gasteiger partial charge on any atom is -0.508 e. The Morgan fingerprint density at radius 3 is 2.26 bits per heavy atom. The Morgan fingerprint density at radius 2 is 1.68 bits per heavy atom. The zero-order valence-corrected chi connectivity index (χ0v) is 11.0. The predicted molar refractivity (Wildman–Crippen MR) is 71.0 cm³/mol. The SMILES string of the molecule is Cc1ccc(P(=O)(O)O)c(Oc2ccc(O)cc2)c1. The quantitative estimate of drug-likeness (QED) is 0.751. The van der Waals surface area contributed by atoms with E-state index >= 15 is 0 Å². The van der Waals surface area contributed by atoms with Gasteiger partial charge in [-0.25, -0.2) is 0 Å². The molecule has 0 unspecified atom stereocenters. The Bertz CT molecular complexity index is 630. The lowest BCUT2D eigenvalue weighted by molar-refractivity contribution is 0.385. The molecule has 3 N–H and O–H groups in total. The van der Waals surface area contributed by atoms with Crippen LogP contribution in [0.15, 0.2) is 42.5 Å². The first-order chi connectivity index (χ1) is 8.86. The third kappa shape index (κ3) is 3.35. The molecule has 0 atom stereocenters. The van der Waals surface area contributed by atoms with E-state index in [0.717, 1.165) is 5.56 Å². The normalized spacial score (nSPS) is 11.3. The lowest BCUT2D eigenvalue weighted by atomic mass is 10.2. The lowest BCUT2D eigenvalue weighted by Gasteiger charge is -2.13. The van der Waals surface area contributed by atoms with E-state index in [4.69, 9.17) is 4.74 Å². The van der Waals surface area contributed by atoms with Crippen LogP contribution in [-0.4, -0.2) is 14.9 Å². The van der Waals surface area contributed by atoms with Gasteiger partial charge < -0.3 is 19.6 Å². The second kappa shape index (κ2) is 5.05. The molecule has 0 saturated carbocycles. The minimum absolute atomic E-state index is 0.0896. The molecule has 2 rings (SSSR count). The Morgan fingerprint density at radius 1 is 1.05 bits per heavy atom. The average molecular weight is 280 g/mol. The van der Waals surface area contributed by atoms with Gasteiger partial charge in [-0.15, -0.1) is 0 Å². The monoisotopic (exact) mass is 280 g/mol. The molecule has 19 heavy (non-hydrogen) atoms. The molecule has 0 saturated heterocycles. The van der Waals surface area contributed by atoms with Crippen LogP contribution in [0.4, 0.5) is 0 Å². The van der Waals surface area contributed by atoms with Crippen molar-refractivity contribution in [3.05, 3.63) is 48.0 Å². The number of hydrogen-bond acceptors (Lipinski definition) is 3. The van der Waals surface area contributed by atoms with Gasteiger partial charge in [0.25, 0.3) is 0 Å². The molecular weight excluding hydrogens is 267 g/mol. The van der Waals surface area contributed by atoms with Crippen LogP contribution in [-0.2, 0) is 4.57 Å². The van der Waals surface area contributed by atoms with Crippen LogP contribution in [0, 0.1) is 6.92 Å². The summed E-state index contributed by atoms with van der Waals surface area (Å²) in [5.41, 5.74) is 0.825. The molecule has 0 aliphatic carbocycles. The Balaban J connectivity index is 2.41. The molecule has 0 aliphatic rings. The van der Waals surface area contributed by atoms with E-state index in [0.29, 0.717) is 5.75 Å². The smallest absolute Gasteiger partial charge is 0.359 e. The Kier molecular flexibility index (Phi) is 3.62. The first-order valence-electron chi connectivity index (χ1n) is 5.50. The maximum Gasteiger partial charge on any atom is 0.359 e. The van der Waals surface area contributed by atoms with Gasteiger partial charge in [0.15, 0.2) is 0 Å². The van der Waals surface area contributed by atoms with Gasteiger partial charge in [0.05, 0.1) is 0 Å². The standard InChI is InChI=1S/C13H13O5P/c1-9-2-7-13(19(15,16)17)12(8-9)18-11-5-3-10(14)4-6-11/h2-8,14H,1H3,(H2,15,16,17). The van der Waals surface area contributed by atoms with Gasteiger partial charge in [-0.05, 0) is 48.9 Å². The zero-order chi connectivity index (χ0) is 14.0. The summed E-state index contributed by atoms with van der Waals surface area (Å²) in [6.07, 6.45) is 0. The van der Waals surface area contributed by atoms with Crippen molar-refractivity contribution in [3.8, 4) is 17.2 Å². The van der Waals surface area contributed by atoms with Crippen molar-refractivity contribution >= 4 is 12.9 Å². The molecule has 6 heteroatoms. The highest BCUT2D eigenvalue weighted by atomic mass is 31.2. The molecule has 0 radical (unpaired) electrons. The van der Waals surface area contributed by atoms with Crippen molar-refractivity contribution in [1.29, 1.82) is 0 Å². The average Bonchev–Trinajstić information content (AvgIpc) is 2.30. The van der Waals surface area contributed by atoms with E-state index in [2.05, 4.69) is 0 Å². The number of rotatable bonds is 3. The van der Waals surface area contributed by atoms with Crippen molar-refractivity contribution in [3.63, 3.8) is 0 Å². The summed E-state index contributed by atoms with van der Waals surface area (Å²) < 4.78 is 16.9. The highest BCUT2D eigenvalue weighted by molar-refractivity contribution is 7.60. The number of benzene rings is 2. The van der Waals surface area contributed by atoms with Crippen LogP contribution in [0.3, 0.4) is 0 Å². The van der Waals surface area contributed by atoms with Gasteiger partial charge in [-0.2, -0.15) is 0 Å². The van der Waals surface area contributed by atoms with E-state index in [1.165, 1.54) is 30.3 Å². The molecule has 0 bridgehead atoms. The van der Waals surface area contributed by atoms with E-state index in [-0.39, 0.29) is 16.8 Å². The van der Waals surface area contributed by atoms with Crippen LogP contribution in [0.5, 0.6) is 17.2 Å². The van der Waals surface area contributed by atoms with Gasteiger partial charge >= 0.3 is 7.60 Å². The van der Waals surface area contributed by atoms with Crippen LogP contribution in [0.2, 0.25) is 0 Å². The second-order valence-electron chi connectivity index (χ2n) is 4.11. The summed E-state index contributed by atoms with van der Waals surface area (Å²) in [6, 6.07) is 10.4. The van der Waals surface area contributed by atoms with E-state index in [9.17, 15) is 19.5 Å². The molecule has 0 fully saturated rings. The number of phenolic OH excluding ortho intramolecular Hbond substituents is 1. The fourth-order valence-corrected chi connectivity index (χ4v) is 2.25. The van der Waals surface area contributed by atoms with Gasteiger partial charge in [0.2, 0.25) is 0 Å². The second-order valence-corrected chi connectivity index (χ2v) is 5.68. The Hall–Kier alpha value is -1.81. The minimum atomic E-state index is -4.40. The molecule has 100 valence electrons. The van der Waals surface area contributed by atoms with Gasteiger partial charge in [0, 0.05) is 0 Å². The summed E-state index contributed by atoms with van der Waals surface area (Å²) in [4.78, 5) is 18.5. The molecule has 2 aromatic carbocycles. The molecule has 5 nitrogen and oxygen atoms in total. The first kappa shape index (κ1) is 13.6. The third-order valence-corrected chi connectivity index (χ3v) is 3.49.